The number of nitrogens with zero attached hydrogens (tertiary/aromatic N) is 3. The first kappa shape index (κ1) is 13.2. The monoisotopic (exact) mass is 224 g/mol. The van der Waals surface area contributed by atoms with Gasteiger partial charge in [-0.1, -0.05) is 26.2 Å². The second-order valence-corrected chi connectivity index (χ2v) is 4.27. The van der Waals surface area contributed by atoms with Crippen LogP contribution in [0.3, 0.4) is 0 Å². The molecule has 1 unspecified atom stereocenters. The average molecular weight is 224 g/mol. The topological polar surface area (TPSA) is 42.7 Å². The summed E-state index contributed by atoms with van der Waals surface area (Å²) in [5.74, 6) is 1.03. The molecule has 16 heavy (non-hydrogen) atoms. The lowest BCUT2D eigenvalue weighted by molar-refractivity contribution is 0.467. The quantitative estimate of drug-likeness (QED) is 0.689. The van der Waals surface area contributed by atoms with Crippen molar-refractivity contribution < 1.29 is 0 Å². The van der Waals surface area contributed by atoms with E-state index in [-0.39, 0.29) is 0 Å². The smallest absolute Gasteiger partial charge is 0.140 e. The van der Waals surface area contributed by atoms with Crippen molar-refractivity contribution in [2.75, 3.05) is 0 Å². The Balaban J connectivity index is 2.23. The molecule has 1 aromatic heterocycles. The summed E-state index contributed by atoms with van der Waals surface area (Å²) < 4.78 is 1.94. The number of hydrogen-bond acceptors (Lipinski definition) is 3. The summed E-state index contributed by atoms with van der Waals surface area (Å²) in [5.41, 5.74) is 0. The Labute approximate surface area is 98.5 Å². The molecule has 0 amide bonds. The summed E-state index contributed by atoms with van der Waals surface area (Å²) in [6, 6.07) is 0.563. The highest BCUT2D eigenvalue weighted by Gasteiger charge is 2.05. The van der Waals surface area contributed by atoms with E-state index in [1.165, 1.54) is 25.7 Å². The molecule has 1 aromatic rings. The van der Waals surface area contributed by atoms with Gasteiger partial charge >= 0.3 is 0 Å². The van der Waals surface area contributed by atoms with Crippen molar-refractivity contribution in [1.29, 1.82) is 0 Å². The third kappa shape index (κ3) is 4.31. The summed E-state index contributed by atoms with van der Waals surface area (Å²) in [5, 5.41) is 7.65. The molecule has 0 aliphatic heterocycles. The lowest BCUT2D eigenvalue weighted by Gasteiger charge is -2.13. The molecule has 4 nitrogen and oxygen atoms in total. The molecule has 0 saturated carbocycles. The van der Waals surface area contributed by atoms with Gasteiger partial charge in [-0.15, -0.1) is 0 Å². The Bertz CT molecular complexity index is 282. The zero-order chi connectivity index (χ0) is 11.8. The minimum absolute atomic E-state index is 0.563. The van der Waals surface area contributed by atoms with Crippen molar-refractivity contribution >= 4 is 0 Å². The molecule has 92 valence electrons. The molecule has 1 atom stereocenters. The summed E-state index contributed by atoms with van der Waals surface area (Å²) >= 11 is 0. The first-order chi connectivity index (χ1) is 7.77. The maximum atomic E-state index is 4.24. The Morgan fingerprint density at radius 3 is 2.88 bits per heavy atom. The van der Waals surface area contributed by atoms with Gasteiger partial charge in [0.2, 0.25) is 0 Å². The van der Waals surface area contributed by atoms with Gasteiger partial charge in [0.1, 0.15) is 12.2 Å². The average Bonchev–Trinajstić information content (AvgIpc) is 2.74. The Hall–Kier alpha value is -0.900. The van der Waals surface area contributed by atoms with Crippen LogP contribution in [0.4, 0.5) is 0 Å². The fourth-order valence-electron chi connectivity index (χ4n) is 1.76. The molecule has 0 radical (unpaired) electrons. The molecule has 0 aromatic carbocycles. The highest BCUT2D eigenvalue weighted by atomic mass is 15.3. The maximum Gasteiger partial charge on any atom is 0.140 e. The van der Waals surface area contributed by atoms with Crippen LogP contribution in [0.25, 0.3) is 0 Å². The van der Waals surface area contributed by atoms with E-state index in [1.807, 2.05) is 4.68 Å². The fourth-order valence-corrected chi connectivity index (χ4v) is 1.76. The largest absolute Gasteiger partial charge is 0.307 e. The minimum atomic E-state index is 0.563. The van der Waals surface area contributed by atoms with Gasteiger partial charge in [-0.05, 0) is 20.3 Å². The summed E-state index contributed by atoms with van der Waals surface area (Å²) in [6.07, 6.45) is 6.80. The number of aromatic nitrogens is 3. The van der Waals surface area contributed by atoms with Gasteiger partial charge in [-0.3, -0.25) is 0 Å². The van der Waals surface area contributed by atoms with Crippen LogP contribution in [-0.2, 0) is 13.1 Å². The number of unbranched alkanes of at least 4 members (excludes halogenated alkanes) is 2. The molecule has 0 bridgehead atoms. The van der Waals surface area contributed by atoms with Gasteiger partial charge < -0.3 is 5.32 Å². The van der Waals surface area contributed by atoms with Crippen molar-refractivity contribution in [3.8, 4) is 0 Å². The predicted octanol–water partition coefficient (Wildman–Crippen LogP) is 2.36. The minimum Gasteiger partial charge on any atom is -0.307 e. The molecule has 1 heterocycles. The summed E-state index contributed by atoms with van der Waals surface area (Å²) in [4.78, 5) is 4.24. The van der Waals surface area contributed by atoms with E-state index in [1.54, 1.807) is 6.33 Å². The highest BCUT2D eigenvalue weighted by molar-refractivity contribution is 4.84. The van der Waals surface area contributed by atoms with E-state index in [2.05, 4.69) is 36.2 Å². The van der Waals surface area contributed by atoms with Crippen LogP contribution in [0.5, 0.6) is 0 Å². The molecule has 0 saturated heterocycles. The normalized spacial score (nSPS) is 12.9. The van der Waals surface area contributed by atoms with Gasteiger partial charge in [0.25, 0.3) is 0 Å². The van der Waals surface area contributed by atoms with Crippen molar-refractivity contribution in [2.24, 2.45) is 0 Å². The highest BCUT2D eigenvalue weighted by Crippen LogP contribution is 2.03. The van der Waals surface area contributed by atoms with E-state index >= 15 is 0 Å². The van der Waals surface area contributed by atoms with Crippen LogP contribution in [0.15, 0.2) is 6.33 Å². The van der Waals surface area contributed by atoms with E-state index in [0.717, 1.165) is 18.9 Å². The number of rotatable bonds is 8. The molecule has 0 aliphatic rings. The first-order valence-corrected chi connectivity index (χ1v) is 6.38. The summed E-state index contributed by atoms with van der Waals surface area (Å²) in [7, 11) is 0. The van der Waals surface area contributed by atoms with E-state index in [9.17, 15) is 0 Å². The Kier molecular flexibility index (Phi) is 6.08. The lowest BCUT2D eigenvalue weighted by atomic mass is 10.1. The van der Waals surface area contributed by atoms with Crippen molar-refractivity contribution in [2.45, 2.75) is 65.6 Å². The Morgan fingerprint density at radius 2 is 2.19 bits per heavy atom. The zero-order valence-corrected chi connectivity index (χ0v) is 10.7. The van der Waals surface area contributed by atoms with Gasteiger partial charge in [0.15, 0.2) is 0 Å². The molecular weight excluding hydrogens is 200 g/mol. The number of aryl methyl sites for hydroxylation is 1. The fraction of sp³-hybridized carbons (Fsp3) is 0.833. The standard InChI is InChI=1S/C12H24N4/c1-4-6-7-8-11(3)13-9-12-14-10-15-16(12)5-2/h10-11,13H,4-9H2,1-3H3. The van der Waals surface area contributed by atoms with Crippen LogP contribution in [0.1, 0.15) is 52.3 Å². The number of nitrogens with one attached hydrogen (secondary N) is 1. The van der Waals surface area contributed by atoms with Crippen LogP contribution in [0, 0.1) is 0 Å². The number of hydrogen-bond donors (Lipinski definition) is 1. The van der Waals surface area contributed by atoms with Gasteiger partial charge in [0, 0.05) is 12.6 Å². The van der Waals surface area contributed by atoms with E-state index in [0.29, 0.717) is 6.04 Å². The van der Waals surface area contributed by atoms with Crippen molar-refractivity contribution in [3.05, 3.63) is 12.2 Å². The Morgan fingerprint density at radius 1 is 1.38 bits per heavy atom. The molecule has 0 fully saturated rings. The summed E-state index contributed by atoms with van der Waals surface area (Å²) in [6.45, 7) is 8.27. The van der Waals surface area contributed by atoms with E-state index < -0.39 is 0 Å². The first-order valence-electron chi connectivity index (χ1n) is 6.38. The van der Waals surface area contributed by atoms with E-state index in [4.69, 9.17) is 0 Å². The van der Waals surface area contributed by atoms with Crippen molar-refractivity contribution in [3.63, 3.8) is 0 Å². The van der Waals surface area contributed by atoms with Crippen LogP contribution >= 0.6 is 0 Å². The molecule has 0 aliphatic carbocycles. The maximum absolute atomic E-state index is 4.24. The SMILES string of the molecule is CCCCCC(C)NCc1ncnn1CC. The van der Waals surface area contributed by atoms with Crippen molar-refractivity contribution in [1.82, 2.24) is 20.1 Å². The molecule has 4 heteroatoms. The lowest BCUT2D eigenvalue weighted by Crippen LogP contribution is -2.27. The second-order valence-electron chi connectivity index (χ2n) is 4.27. The van der Waals surface area contributed by atoms with Crippen LogP contribution in [0.2, 0.25) is 0 Å². The van der Waals surface area contributed by atoms with Crippen LogP contribution < -0.4 is 5.32 Å². The van der Waals surface area contributed by atoms with Gasteiger partial charge in [-0.2, -0.15) is 5.10 Å². The third-order valence-electron chi connectivity index (χ3n) is 2.84. The zero-order valence-electron chi connectivity index (χ0n) is 10.7. The molecule has 1 N–H and O–H groups in total. The predicted molar refractivity (Wildman–Crippen MR) is 66.1 cm³/mol. The van der Waals surface area contributed by atoms with Gasteiger partial charge in [-0.25, -0.2) is 9.67 Å². The molecule has 0 spiro atoms. The third-order valence-corrected chi connectivity index (χ3v) is 2.84. The van der Waals surface area contributed by atoms with Gasteiger partial charge in [0.05, 0.1) is 6.54 Å². The molecule has 1 rings (SSSR count). The van der Waals surface area contributed by atoms with Crippen LogP contribution in [-0.4, -0.2) is 20.8 Å². The second kappa shape index (κ2) is 7.39. The molecular formula is C12H24N4.